The maximum atomic E-state index is 12.8. The minimum atomic E-state index is -0.405. The van der Waals surface area contributed by atoms with Crippen molar-refractivity contribution in [2.75, 3.05) is 7.11 Å². The van der Waals surface area contributed by atoms with Gasteiger partial charge in [-0.3, -0.25) is 14.8 Å². The van der Waals surface area contributed by atoms with Crippen molar-refractivity contribution in [2.45, 2.75) is 59.4 Å². The minimum absolute atomic E-state index is 0.0301. The van der Waals surface area contributed by atoms with Gasteiger partial charge in [0.2, 0.25) is 11.8 Å². The zero-order chi connectivity index (χ0) is 22.3. The number of carbonyl (C=O) groups excluding carboxylic acids is 2. The molecule has 0 spiro atoms. The highest BCUT2D eigenvalue weighted by Gasteiger charge is 2.23. The number of hydrogen-bond acceptors (Lipinski definition) is 5. The molecule has 3 atom stereocenters. The van der Waals surface area contributed by atoms with Gasteiger partial charge in [0.05, 0.1) is 24.2 Å². The highest BCUT2D eigenvalue weighted by molar-refractivity contribution is 5.79. The lowest BCUT2D eigenvalue weighted by Gasteiger charge is -2.22. The number of nitrogens with one attached hydrogen (secondary N) is 3. The number of hydroxylamine groups is 1. The molecular weight excluding hydrogens is 384 g/mol. The summed E-state index contributed by atoms with van der Waals surface area (Å²) in [7, 11) is 1.62. The molecule has 1 unspecified atom stereocenters. The maximum absolute atomic E-state index is 12.8. The Morgan fingerprint density at radius 2 is 1.93 bits per heavy atom. The van der Waals surface area contributed by atoms with E-state index in [2.05, 4.69) is 29.1 Å². The molecule has 8 heteroatoms. The molecule has 0 saturated carbocycles. The summed E-state index contributed by atoms with van der Waals surface area (Å²) in [5, 5.41) is 11.8. The Morgan fingerprint density at radius 1 is 1.20 bits per heavy atom. The Morgan fingerprint density at radius 3 is 2.57 bits per heavy atom. The predicted octanol–water partition coefficient (Wildman–Crippen LogP) is 3.72. The van der Waals surface area contributed by atoms with E-state index in [9.17, 15) is 9.59 Å². The fraction of sp³-hybridized carbons (Fsp3) is 0.591. The van der Waals surface area contributed by atoms with E-state index in [0.717, 1.165) is 35.4 Å². The highest BCUT2D eigenvalue weighted by atomic mass is 16.5. The molecule has 2 aromatic rings. The Hall–Kier alpha value is -2.61. The lowest BCUT2D eigenvalue weighted by molar-refractivity contribution is -0.130. The molecule has 0 saturated heterocycles. The van der Waals surface area contributed by atoms with Crippen LogP contribution in [0.1, 0.15) is 65.2 Å². The molecule has 0 aliphatic carbocycles. The zero-order valence-electron chi connectivity index (χ0n) is 18.5. The summed E-state index contributed by atoms with van der Waals surface area (Å²) in [5.41, 5.74) is 3.35. The molecule has 0 fully saturated rings. The summed E-state index contributed by atoms with van der Waals surface area (Å²) in [6.45, 7) is 8.05. The van der Waals surface area contributed by atoms with Gasteiger partial charge in [-0.25, -0.2) is 10.5 Å². The minimum Gasteiger partial charge on any atom is -0.497 e. The number of aromatic amines is 1. The number of imidazole rings is 1. The van der Waals surface area contributed by atoms with Crippen LogP contribution < -0.4 is 15.5 Å². The molecule has 0 bridgehead atoms. The van der Waals surface area contributed by atoms with E-state index >= 15 is 0 Å². The Bertz CT molecular complexity index is 849. The standard InChI is InChI=1S/C22H34N4O4/c1-13(2)10-19(21-23-17-9-8-16(30-5)12-18(17)24-21)25-22(28)15(4)7-6-14(3)11-20(27)26-29/h8-9,12-15,19,29H,6-7,10-11H2,1-5H3,(H,23,24)(H,25,28)(H,26,27)/t14-,15?,19+/m1/s1. The molecule has 0 aliphatic heterocycles. The van der Waals surface area contributed by atoms with Crippen LogP contribution in [0.4, 0.5) is 0 Å². The van der Waals surface area contributed by atoms with Crippen molar-refractivity contribution in [2.24, 2.45) is 17.8 Å². The Kier molecular flexibility index (Phi) is 8.65. The number of methoxy groups -OCH3 is 1. The molecule has 1 heterocycles. The second-order valence-electron chi connectivity index (χ2n) is 8.52. The number of H-pyrrole nitrogens is 1. The molecule has 2 amide bonds. The molecule has 0 radical (unpaired) electrons. The number of carbonyl (C=O) groups is 2. The van der Waals surface area contributed by atoms with Crippen LogP contribution in [0.2, 0.25) is 0 Å². The number of amides is 2. The van der Waals surface area contributed by atoms with E-state index in [-0.39, 0.29) is 30.2 Å². The second-order valence-corrected chi connectivity index (χ2v) is 8.52. The van der Waals surface area contributed by atoms with Crippen LogP contribution in [0.15, 0.2) is 18.2 Å². The number of nitrogens with zero attached hydrogens (tertiary/aromatic N) is 1. The van der Waals surface area contributed by atoms with Gasteiger partial charge in [0.15, 0.2) is 0 Å². The van der Waals surface area contributed by atoms with Gasteiger partial charge < -0.3 is 15.0 Å². The van der Waals surface area contributed by atoms with Crippen molar-refractivity contribution in [1.82, 2.24) is 20.8 Å². The van der Waals surface area contributed by atoms with Crippen molar-refractivity contribution < 1.29 is 19.5 Å². The average molecular weight is 419 g/mol. The molecule has 166 valence electrons. The first-order chi connectivity index (χ1) is 14.2. The van der Waals surface area contributed by atoms with Crippen LogP contribution in [0.25, 0.3) is 11.0 Å². The second kappa shape index (κ2) is 11.0. The normalized spacial score (nSPS) is 14.4. The van der Waals surface area contributed by atoms with Crippen molar-refractivity contribution in [1.29, 1.82) is 0 Å². The molecule has 8 nitrogen and oxygen atoms in total. The lowest BCUT2D eigenvalue weighted by Crippen LogP contribution is -2.34. The van der Waals surface area contributed by atoms with Gasteiger partial charge in [-0.1, -0.05) is 27.7 Å². The fourth-order valence-electron chi connectivity index (χ4n) is 3.45. The fourth-order valence-corrected chi connectivity index (χ4v) is 3.45. The van der Waals surface area contributed by atoms with Crippen LogP contribution in [-0.2, 0) is 9.59 Å². The zero-order valence-corrected chi connectivity index (χ0v) is 18.5. The van der Waals surface area contributed by atoms with Crippen LogP contribution >= 0.6 is 0 Å². The third kappa shape index (κ3) is 6.73. The summed E-state index contributed by atoms with van der Waals surface area (Å²) in [6, 6.07) is 5.45. The summed E-state index contributed by atoms with van der Waals surface area (Å²) in [5.74, 6) is 1.33. The first-order valence-corrected chi connectivity index (χ1v) is 10.5. The average Bonchev–Trinajstić information content (AvgIpc) is 3.14. The third-order valence-electron chi connectivity index (χ3n) is 5.26. The van der Waals surface area contributed by atoms with Crippen molar-refractivity contribution in [3.8, 4) is 5.75 Å². The number of fused-ring (bicyclic) bond motifs is 1. The molecule has 0 aliphatic rings. The number of ether oxygens (including phenoxy) is 1. The van der Waals surface area contributed by atoms with Gasteiger partial charge in [-0.15, -0.1) is 0 Å². The first kappa shape index (κ1) is 23.7. The van der Waals surface area contributed by atoms with Crippen LogP contribution in [-0.4, -0.2) is 34.1 Å². The first-order valence-electron chi connectivity index (χ1n) is 10.5. The van der Waals surface area contributed by atoms with E-state index in [4.69, 9.17) is 9.94 Å². The SMILES string of the molecule is COc1ccc2nc([C@H](CC(C)C)NC(=O)C(C)CC[C@@H](C)CC(=O)NO)[nH]c2c1. The maximum Gasteiger partial charge on any atom is 0.243 e. The summed E-state index contributed by atoms with van der Waals surface area (Å²) < 4.78 is 5.27. The number of aromatic nitrogens is 2. The lowest BCUT2D eigenvalue weighted by atomic mass is 9.94. The molecule has 4 N–H and O–H groups in total. The monoisotopic (exact) mass is 418 g/mol. The number of rotatable bonds is 11. The molecular formula is C22H34N4O4. The largest absolute Gasteiger partial charge is 0.497 e. The topological polar surface area (TPSA) is 116 Å². The van der Waals surface area contributed by atoms with E-state index in [0.29, 0.717) is 12.3 Å². The smallest absolute Gasteiger partial charge is 0.243 e. The van der Waals surface area contributed by atoms with Crippen LogP contribution in [0.5, 0.6) is 5.75 Å². The van der Waals surface area contributed by atoms with Crippen molar-refractivity contribution >= 4 is 22.8 Å². The summed E-state index contributed by atoms with van der Waals surface area (Å²) in [4.78, 5) is 32.1. The summed E-state index contributed by atoms with van der Waals surface area (Å²) >= 11 is 0. The van der Waals surface area contributed by atoms with Gasteiger partial charge in [0.1, 0.15) is 11.6 Å². The van der Waals surface area contributed by atoms with E-state index in [1.54, 1.807) is 12.6 Å². The molecule has 2 rings (SSSR count). The summed E-state index contributed by atoms with van der Waals surface area (Å²) in [6.07, 6.45) is 2.39. The van der Waals surface area contributed by atoms with Crippen molar-refractivity contribution in [3.63, 3.8) is 0 Å². The van der Waals surface area contributed by atoms with Gasteiger partial charge in [-0.05, 0) is 43.2 Å². The number of benzene rings is 1. The third-order valence-corrected chi connectivity index (χ3v) is 5.26. The Balaban J connectivity index is 2.04. The quantitative estimate of drug-likeness (QED) is 0.328. The van der Waals surface area contributed by atoms with E-state index in [1.807, 2.05) is 32.0 Å². The molecule has 30 heavy (non-hydrogen) atoms. The van der Waals surface area contributed by atoms with Gasteiger partial charge in [0.25, 0.3) is 0 Å². The number of hydrogen-bond donors (Lipinski definition) is 4. The van der Waals surface area contributed by atoms with E-state index < -0.39 is 5.91 Å². The Labute approximate surface area is 177 Å². The van der Waals surface area contributed by atoms with Gasteiger partial charge >= 0.3 is 0 Å². The van der Waals surface area contributed by atoms with Crippen LogP contribution in [0.3, 0.4) is 0 Å². The molecule has 1 aromatic carbocycles. The van der Waals surface area contributed by atoms with Gasteiger partial charge in [0, 0.05) is 18.4 Å². The van der Waals surface area contributed by atoms with Crippen LogP contribution in [0, 0.1) is 17.8 Å². The van der Waals surface area contributed by atoms with E-state index in [1.165, 1.54) is 0 Å². The van der Waals surface area contributed by atoms with Crippen molar-refractivity contribution in [3.05, 3.63) is 24.0 Å². The van der Waals surface area contributed by atoms with Gasteiger partial charge in [-0.2, -0.15) is 0 Å². The molecule has 1 aromatic heterocycles. The highest BCUT2D eigenvalue weighted by Crippen LogP contribution is 2.25. The predicted molar refractivity (Wildman–Crippen MR) is 115 cm³/mol.